The lowest BCUT2D eigenvalue weighted by molar-refractivity contribution is -0.133. The molecule has 0 radical (unpaired) electrons. The fourth-order valence-corrected chi connectivity index (χ4v) is 3.49. The summed E-state index contributed by atoms with van der Waals surface area (Å²) in [5.74, 6) is -0.251. The number of aliphatic carboxylic acids is 1. The third-order valence-electron chi connectivity index (χ3n) is 5.17. The molecule has 6 nitrogen and oxygen atoms in total. The van der Waals surface area contributed by atoms with Crippen LogP contribution in [0.3, 0.4) is 0 Å². The van der Waals surface area contributed by atoms with Gasteiger partial charge in [0.25, 0.3) is 0 Å². The molecule has 0 aliphatic carbocycles. The van der Waals surface area contributed by atoms with Crippen LogP contribution in [0.4, 0.5) is 18.9 Å². The van der Waals surface area contributed by atoms with Crippen LogP contribution in [0.15, 0.2) is 83.0 Å². The van der Waals surface area contributed by atoms with Crippen LogP contribution in [0.2, 0.25) is 0 Å². The number of rotatable bonds is 7. The van der Waals surface area contributed by atoms with Gasteiger partial charge < -0.3 is 21.1 Å². The number of nitrogens with one attached hydrogen (secondary N) is 1. The number of aliphatic imine (C=N–C) groups is 1. The number of alkyl halides is 3. The summed E-state index contributed by atoms with van der Waals surface area (Å²) in [4.78, 5) is 18.5. The van der Waals surface area contributed by atoms with Gasteiger partial charge in [-0.25, -0.2) is 9.79 Å². The lowest BCUT2D eigenvalue weighted by Crippen LogP contribution is -2.32. The quantitative estimate of drug-likeness (QED) is 0.239. The minimum atomic E-state index is -3.67. The number of benzene rings is 2. The highest BCUT2D eigenvalue weighted by Gasteiger charge is 2.24. The van der Waals surface area contributed by atoms with Crippen molar-refractivity contribution in [2.45, 2.75) is 53.9 Å². The maximum Gasteiger partial charge on any atom is 0.379 e. The highest BCUT2D eigenvalue weighted by atomic mass is 35.5. The topological polar surface area (TPSA) is 90.9 Å². The lowest BCUT2D eigenvalue weighted by Gasteiger charge is -2.30. The average Bonchev–Trinajstić information content (AvgIpc) is 2.94. The summed E-state index contributed by atoms with van der Waals surface area (Å²) >= 11 is 5.90. The molecule has 0 saturated carbocycles. The van der Waals surface area contributed by atoms with Crippen molar-refractivity contribution in [3.8, 4) is 0 Å². The van der Waals surface area contributed by atoms with E-state index in [9.17, 15) is 23.1 Å². The average molecular weight is 567 g/mol. The molecule has 1 aliphatic rings. The molecule has 2 aromatic carbocycles. The van der Waals surface area contributed by atoms with E-state index in [1.165, 1.54) is 6.08 Å². The third kappa shape index (κ3) is 11.0. The predicted molar refractivity (Wildman–Crippen MR) is 156 cm³/mol. The molecular formula is C29H38ClF3N4O2. The number of nitrogens with zero attached hydrogens (tertiary/aromatic N) is 2. The Balaban J connectivity index is 0.00000162. The van der Waals surface area contributed by atoms with Gasteiger partial charge >= 0.3 is 12.6 Å². The monoisotopic (exact) mass is 566 g/mol. The molecule has 4 N–H and O–H groups in total. The first-order valence-electron chi connectivity index (χ1n) is 12.4. The highest BCUT2D eigenvalue weighted by molar-refractivity contribution is 6.31. The molecule has 0 amide bonds. The van der Waals surface area contributed by atoms with E-state index in [1.54, 1.807) is 6.92 Å². The van der Waals surface area contributed by atoms with Gasteiger partial charge in [0.2, 0.25) is 0 Å². The second-order valence-electron chi connectivity index (χ2n) is 7.43. The molecule has 1 aliphatic heterocycles. The fraction of sp³-hybridized carbons (Fsp3) is 0.310. The normalized spacial score (nSPS) is 13.5. The van der Waals surface area contributed by atoms with E-state index in [0.717, 1.165) is 40.1 Å². The summed E-state index contributed by atoms with van der Waals surface area (Å²) in [6.45, 7) is 10.8. The Bertz CT molecular complexity index is 1150. The number of hydrogen-bond donors (Lipinski definition) is 3. The number of carboxylic acid groups (broad SMARTS) is 1. The minimum absolute atomic E-state index is 0.120. The van der Waals surface area contributed by atoms with Crippen LogP contribution in [0.25, 0.3) is 5.70 Å². The van der Waals surface area contributed by atoms with Crippen molar-refractivity contribution in [2.75, 3.05) is 7.05 Å². The van der Waals surface area contributed by atoms with Gasteiger partial charge in [0.05, 0.1) is 16.3 Å². The summed E-state index contributed by atoms with van der Waals surface area (Å²) in [5.41, 5.74) is 10.0. The summed E-state index contributed by atoms with van der Waals surface area (Å²) < 4.78 is 29.0. The number of halogens is 4. The van der Waals surface area contributed by atoms with Gasteiger partial charge in [0.1, 0.15) is 5.84 Å². The molecule has 2 aromatic rings. The molecule has 0 bridgehead atoms. The molecule has 10 heteroatoms. The van der Waals surface area contributed by atoms with Crippen LogP contribution in [-0.4, -0.2) is 41.6 Å². The fourth-order valence-electron chi connectivity index (χ4n) is 3.38. The van der Waals surface area contributed by atoms with Crippen molar-refractivity contribution in [3.63, 3.8) is 0 Å². The van der Waals surface area contributed by atoms with Crippen LogP contribution < -0.4 is 11.1 Å². The maximum atomic E-state index is 11.6. The Labute approximate surface area is 234 Å². The summed E-state index contributed by atoms with van der Waals surface area (Å²) in [6, 6.07) is 15.4. The number of allylic oxidation sites excluding steroid dienone is 2. The number of nitrogens with two attached hydrogens (primary N) is 1. The summed E-state index contributed by atoms with van der Waals surface area (Å²) in [5, 5.41) is 12.9. The SMILES string of the molecule is C=C1c2cccc(CNC(C)/C(=C\C(Cl)=C/N)C(=O)O)c2N=C(c2ccccc2)N1C.CC.CC.FC(F)F. The first-order chi connectivity index (χ1) is 18.6. The molecule has 0 aromatic heterocycles. The Kier molecular flexibility index (Phi) is 16.9. The smallest absolute Gasteiger partial charge is 0.379 e. The molecule has 214 valence electrons. The van der Waals surface area contributed by atoms with Crippen LogP contribution in [0.5, 0.6) is 0 Å². The second-order valence-corrected chi connectivity index (χ2v) is 7.86. The van der Waals surface area contributed by atoms with Crippen molar-refractivity contribution < 1.29 is 23.1 Å². The summed E-state index contributed by atoms with van der Waals surface area (Å²) in [7, 11) is 1.95. The Morgan fingerprint density at radius 3 is 2.21 bits per heavy atom. The predicted octanol–water partition coefficient (Wildman–Crippen LogP) is 7.44. The zero-order chi connectivity index (χ0) is 30.1. The molecule has 0 saturated heterocycles. The summed E-state index contributed by atoms with van der Waals surface area (Å²) in [6.07, 6.45) is 2.51. The Hall–Kier alpha value is -3.56. The zero-order valence-electron chi connectivity index (χ0n) is 23.2. The highest BCUT2D eigenvalue weighted by Crippen LogP contribution is 2.36. The number of para-hydroxylation sites is 1. The van der Waals surface area contributed by atoms with E-state index in [-0.39, 0.29) is 10.6 Å². The van der Waals surface area contributed by atoms with Gasteiger partial charge in [0, 0.05) is 42.7 Å². The Morgan fingerprint density at radius 2 is 1.69 bits per heavy atom. The van der Waals surface area contributed by atoms with E-state index in [2.05, 4.69) is 11.9 Å². The van der Waals surface area contributed by atoms with Gasteiger partial charge in [-0.2, -0.15) is 13.2 Å². The molecule has 0 fully saturated rings. The number of amidine groups is 1. The first-order valence-corrected chi connectivity index (χ1v) is 12.8. The van der Waals surface area contributed by atoms with Crippen molar-refractivity contribution in [1.82, 2.24) is 10.2 Å². The second kappa shape index (κ2) is 18.7. The maximum absolute atomic E-state index is 11.6. The van der Waals surface area contributed by atoms with E-state index in [1.807, 2.05) is 88.2 Å². The van der Waals surface area contributed by atoms with Crippen molar-refractivity contribution >= 4 is 34.8 Å². The van der Waals surface area contributed by atoms with E-state index in [4.69, 9.17) is 22.3 Å². The van der Waals surface area contributed by atoms with Gasteiger partial charge in [-0.1, -0.05) is 94.4 Å². The van der Waals surface area contributed by atoms with Gasteiger partial charge in [-0.05, 0) is 18.6 Å². The van der Waals surface area contributed by atoms with E-state index >= 15 is 0 Å². The van der Waals surface area contributed by atoms with Gasteiger partial charge in [-0.3, -0.25) is 0 Å². The van der Waals surface area contributed by atoms with Crippen LogP contribution in [0.1, 0.15) is 51.3 Å². The number of carbonyl (C=O) groups is 1. The van der Waals surface area contributed by atoms with E-state index in [0.29, 0.717) is 6.54 Å². The van der Waals surface area contributed by atoms with Crippen molar-refractivity contribution in [2.24, 2.45) is 10.7 Å². The van der Waals surface area contributed by atoms with E-state index < -0.39 is 18.7 Å². The van der Waals surface area contributed by atoms with Crippen LogP contribution >= 0.6 is 11.6 Å². The molecule has 1 unspecified atom stereocenters. The van der Waals surface area contributed by atoms with Crippen molar-refractivity contribution in [3.05, 3.63) is 94.7 Å². The lowest BCUT2D eigenvalue weighted by atomic mass is 10.0. The van der Waals surface area contributed by atoms with Gasteiger partial charge in [-0.15, -0.1) is 0 Å². The minimum Gasteiger partial charge on any atom is -0.478 e. The molecule has 1 heterocycles. The largest absolute Gasteiger partial charge is 0.478 e. The van der Waals surface area contributed by atoms with Crippen molar-refractivity contribution in [1.29, 1.82) is 0 Å². The number of hydrogen-bond acceptors (Lipinski definition) is 5. The number of fused-ring (bicyclic) bond motifs is 1. The van der Waals surface area contributed by atoms with Crippen LogP contribution in [-0.2, 0) is 11.3 Å². The zero-order valence-corrected chi connectivity index (χ0v) is 23.9. The third-order valence-corrected chi connectivity index (χ3v) is 5.40. The molecule has 3 rings (SSSR count). The molecule has 39 heavy (non-hydrogen) atoms. The van der Waals surface area contributed by atoms with Crippen LogP contribution in [0, 0.1) is 0 Å². The number of carboxylic acids is 1. The molecule has 0 spiro atoms. The standard InChI is InChI=1S/C24H25ClN4O2.2C2H6.CHF3/c1-15(21(24(30)31)12-19(25)13-26)27-14-18-10-7-11-20-16(2)29(3)23(28-22(18)20)17-8-5-4-6-9-17;2*1-2;2-1(3)4/h4-13,15,27H,2,14,26H2,1,3H3,(H,30,31);2*1-2H3;1H/b19-13+,21-12+;;;. The molecular weight excluding hydrogens is 529 g/mol. The van der Waals surface area contributed by atoms with Gasteiger partial charge in [0.15, 0.2) is 0 Å². The first kappa shape index (κ1) is 35.4. The molecule has 1 atom stereocenters. The Morgan fingerprint density at radius 1 is 1.13 bits per heavy atom.